The van der Waals surface area contributed by atoms with Crippen LogP contribution in [0.25, 0.3) is 21.3 Å². The SMILES string of the molecule is Cc1c(-c2ccc(N3CCc4cccc(C(=O)Nc5nc6ccccc6s5)c4C3)nc2C(C)C)cnn1CC1(OCCO)CCCCC1. The molecule has 1 aliphatic carbocycles. The van der Waals surface area contributed by atoms with Crippen molar-refractivity contribution in [2.24, 2.45) is 0 Å². The molecule has 2 aromatic carbocycles. The first-order chi connectivity index (χ1) is 23.3. The molecular weight excluding hydrogens is 621 g/mol. The van der Waals surface area contributed by atoms with Gasteiger partial charge in [-0.3, -0.25) is 14.8 Å². The van der Waals surface area contributed by atoms with E-state index in [-0.39, 0.29) is 24.0 Å². The van der Waals surface area contributed by atoms with Crippen LogP contribution in [0.15, 0.2) is 60.8 Å². The van der Waals surface area contributed by atoms with E-state index in [0.717, 1.165) is 82.8 Å². The van der Waals surface area contributed by atoms with Gasteiger partial charge in [-0.05, 0) is 73.6 Å². The highest BCUT2D eigenvalue weighted by Crippen LogP contribution is 2.37. The highest BCUT2D eigenvalue weighted by atomic mass is 32.1. The zero-order chi connectivity index (χ0) is 33.3. The normalized spacial score (nSPS) is 16.0. The Bertz CT molecular complexity index is 1890. The minimum atomic E-state index is -0.285. The van der Waals surface area contributed by atoms with Crippen LogP contribution in [0.2, 0.25) is 0 Å². The van der Waals surface area contributed by atoms with Crippen molar-refractivity contribution >= 4 is 38.4 Å². The van der Waals surface area contributed by atoms with Crippen LogP contribution in [0, 0.1) is 6.92 Å². The van der Waals surface area contributed by atoms with Crippen molar-refractivity contribution in [2.45, 2.75) is 83.9 Å². The molecule has 0 bridgehead atoms. The quantitative estimate of drug-likeness (QED) is 0.159. The summed E-state index contributed by atoms with van der Waals surface area (Å²) in [7, 11) is 0. The largest absolute Gasteiger partial charge is 0.394 e. The second-order valence-electron chi connectivity index (χ2n) is 13.4. The number of aliphatic hydroxyl groups excluding tert-OH is 1. The monoisotopic (exact) mass is 664 g/mol. The number of para-hydroxylation sites is 1. The lowest BCUT2D eigenvalue weighted by molar-refractivity contribution is -0.0924. The van der Waals surface area contributed by atoms with Crippen molar-refractivity contribution in [3.63, 3.8) is 0 Å². The van der Waals surface area contributed by atoms with Crippen LogP contribution in [0.3, 0.4) is 0 Å². The average molecular weight is 665 g/mol. The summed E-state index contributed by atoms with van der Waals surface area (Å²) in [6, 6.07) is 18.2. The third kappa shape index (κ3) is 6.49. The molecule has 1 aliphatic heterocycles. The molecule has 0 saturated heterocycles. The Morgan fingerprint density at radius 2 is 1.88 bits per heavy atom. The predicted octanol–water partition coefficient (Wildman–Crippen LogP) is 7.51. The fraction of sp³-hybridized carbons (Fsp3) is 0.421. The first kappa shape index (κ1) is 32.4. The van der Waals surface area contributed by atoms with E-state index in [4.69, 9.17) is 14.8 Å². The Morgan fingerprint density at radius 1 is 1.04 bits per heavy atom. The van der Waals surface area contributed by atoms with Gasteiger partial charge in [-0.15, -0.1) is 0 Å². The summed E-state index contributed by atoms with van der Waals surface area (Å²) < 4.78 is 9.40. The number of thiazole rings is 1. The summed E-state index contributed by atoms with van der Waals surface area (Å²) in [6.07, 6.45) is 8.27. The fourth-order valence-electron chi connectivity index (χ4n) is 7.34. The van der Waals surface area contributed by atoms with Crippen LogP contribution in [0.5, 0.6) is 0 Å². The number of benzene rings is 2. The van der Waals surface area contributed by atoms with Crippen LogP contribution in [0.1, 0.15) is 84.7 Å². The van der Waals surface area contributed by atoms with Crippen molar-refractivity contribution < 1.29 is 14.6 Å². The first-order valence-corrected chi connectivity index (χ1v) is 18.0. The lowest BCUT2D eigenvalue weighted by atomic mass is 9.84. The van der Waals surface area contributed by atoms with Gasteiger partial charge in [0.25, 0.3) is 5.91 Å². The molecule has 1 fully saturated rings. The molecule has 5 aromatic rings. The van der Waals surface area contributed by atoms with Gasteiger partial charge in [0.15, 0.2) is 5.13 Å². The molecule has 4 heterocycles. The lowest BCUT2D eigenvalue weighted by Crippen LogP contribution is -2.41. The molecule has 0 spiro atoms. The van der Waals surface area contributed by atoms with E-state index >= 15 is 0 Å². The summed E-state index contributed by atoms with van der Waals surface area (Å²) in [5.41, 5.74) is 7.83. The van der Waals surface area contributed by atoms with Gasteiger partial charge in [-0.2, -0.15) is 5.10 Å². The molecule has 2 N–H and O–H groups in total. The maximum atomic E-state index is 13.6. The number of anilines is 2. The van der Waals surface area contributed by atoms with Crippen molar-refractivity contribution in [1.29, 1.82) is 0 Å². The van der Waals surface area contributed by atoms with E-state index in [1.807, 2.05) is 42.6 Å². The number of nitrogens with zero attached hydrogens (tertiary/aromatic N) is 5. The van der Waals surface area contributed by atoms with E-state index < -0.39 is 0 Å². The smallest absolute Gasteiger partial charge is 0.257 e. The van der Waals surface area contributed by atoms with E-state index in [0.29, 0.717) is 30.4 Å². The first-order valence-electron chi connectivity index (χ1n) is 17.2. The van der Waals surface area contributed by atoms with E-state index in [9.17, 15) is 9.90 Å². The Morgan fingerprint density at radius 3 is 2.67 bits per heavy atom. The summed E-state index contributed by atoms with van der Waals surface area (Å²) in [6.45, 7) is 9.00. The van der Waals surface area contributed by atoms with Gasteiger partial charge in [0.2, 0.25) is 0 Å². The predicted molar refractivity (Wildman–Crippen MR) is 192 cm³/mol. The molecule has 9 nitrogen and oxygen atoms in total. The van der Waals surface area contributed by atoms with Crippen molar-refractivity contribution in [2.75, 3.05) is 30.0 Å². The van der Waals surface area contributed by atoms with Gasteiger partial charge < -0.3 is 14.7 Å². The Balaban J connectivity index is 1.13. The molecule has 48 heavy (non-hydrogen) atoms. The molecule has 10 heteroatoms. The molecule has 3 aromatic heterocycles. The molecular formula is C38H44N6O3S. The lowest BCUT2D eigenvalue weighted by Gasteiger charge is -2.37. The second kappa shape index (κ2) is 13.8. The number of hydrogen-bond donors (Lipinski definition) is 2. The molecule has 0 atom stereocenters. The highest BCUT2D eigenvalue weighted by molar-refractivity contribution is 7.22. The maximum absolute atomic E-state index is 13.6. The van der Waals surface area contributed by atoms with Gasteiger partial charge in [0.1, 0.15) is 5.82 Å². The van der Waals surface area contributed by atoms with Gasteiger partial charge >= 0.3 is 0 Å². The van der Waals surface area contributed by atoms with E-state index in [1.54, 1.807) is 0 Å². The number of pyridine rings is 1. The number of aromatic nitrogens is 4. The molecule has 2 aliphatic rings. The Hall–Kier alpha value is -4.12. The second-order valence-corrected chi connectivity index (χ2v) is 14.5. The van der Waals surface area contributed by atoms with Crippen LogP contribution < -0.4 is 10.2 Å². The minimum Gasteiger partial charge on any atom is -0.394 e. The van der Waals surface area contributed by atoms with Gasteiger partial charge in [0, 0.05) is 35.5 Å². The average Bonchev–Trinajstić information content (AvgIpc) is 3.68. The summed E-state index contributed by atoms with van der Waals surface area (Å²) >= 11 is 1.49. The standard InChI is InChI=1S/C38H44N6O3S/c1-25(2)35-28(30-22-39-44(26(30)3)24-38(47-21-20-45)17-7-4-8-18-38)14-15-34(41-35)43-19-16-27-10-9-11-29(31(27)23-43)36(46)42-37-40-32-12-5-6-13-33(32)48-37/h5-6,9-15,22,25,45H,4,7-8,16-21,23-24H2,1-3H3,(H,40,42,46). The number of ether oxygens (including phenoxy) is 1. The summed E-state index contributed by atoms with van der Waals surface area (Å²) in [5, 5.41) is 18.0. The maximum Gasteiger partial charge on any atom is 0.257 e. The summed E-state index contributed by atoms with van der Waals surface area (Å²) in [4.78, 5) is 25.7. The van der Waals surface area contributed by atoms with Crippen LogP contribution >= 0.6 is 11.3 Å². The van der Waals surface area contributed by atoms with Crippen LogP contribution in [0.4, 0.5) is 10.9 Å². The molecule has 7 rings (SSSR count). The summed E-state index contributed by atoms with van der Waals surface area (Å²) in [5.74, 6) is 0.980. The van der Waals surface area contributed by atoms with E-state index in [1.165, 1.54) is 23.3 Å². The number of hydrogen-bond acceptors (Lipinski definition) is 8. The number of amides is 1. The Kier molecular flexibility index (Phi) is 9.31. The van der Waals surface area contributed by atoms with Crippen molar-refractivity contribution in [3.8, 4) is 11.1 Å². The van der Waals surface area contributed by atoms with Crippen molar-refractivity contribution in [1.82, 2.24) is 19.7 Å². The number of carbonyl (C=O) groups excluding carboxylic acids is 1. The van der Waals surface area contributed by atoms with Crippen molar-refractivity contribution in [3.05, 3.63) is 88.9 Å². The van der Waals surface area contributed by atoms with Gasteiger partial charge in [0.05, 0.1) is 47.5 Å². The zero-order valence-electron chi connectivity index (χ0n) is 28.0. The van der Waals surface area contributed by atoms with Crippen LogP contribution in [-0.2, 0) is 24.2 Å². The third-order valence-corrected chi connectivity index (χ3v) is 10.9. The number of rotatable bonds is 10. The molecule has 250 valence electrons. The number of aliphatic hydroxyl groups is 1. The minimum absolute atomic E-state index is 0.0299. The molecule has 0 unspecified atom stereocenters. The number of fused-ring (bicyclic) bond motifs is 2. The fourth-order valence-corrected chi connectivity index (χ4v) is 8.20. The van der Waals surface area contributed by atoms with Gasteiger partial charge in [-0.25, -0.2) is 9.97 Å². The number of nitrogens with one attached hydrogen (secondary N) is 1. The molecule has 0 radical (unpaired) electrons. The topological polar surface area (TPSA) is 105 Å². The molecule has 1 saturated carbocycles. The highest BCUT2D eigenvalue weighted by Gasteiger charge is 2.34. The molecule has 1 amide bonds. The van der Waals surface area contributed by atoms with Crippen LogP contribution in [-0.4, -0.2) is 56.1 Å². The van der Waals surface area contributed by atoms with E-state index in [2.05, 4.69) is 58.9 Å². The third-order valence-electron chi connectivity index (χ3n) is 9.91. The Labute approximate surface area is 286 Å². The zero-order valence-corrected chi connectivity index (χ0v) is 28.9. The van der Waals surface area contributed by atoms with Gasteiger partial charge in [-0.1, -0.05) is 68.7 Å². The number of carbonyl (C=O) groups is 1.